The molecule has 4 rings (SSSR count). The molecule has 13 heteroatoms. The number of anilines is 1. The number of aliphatic imine (C=N–C) groups is 1. The van der Waals surface area contributed by atoms with E-state index in [4.69, 9.17) is 10.5 Å². The van der Waals surface area contributed by atoms with Crippen LogP contribution in [0.2, 0.25) is 0 Å². The molecule has 0 radical (unpaired) electrons. The minimum Gasteiger partial charge on any atom is -0.485 e. The van der Waals surface area contributed by atoms with E-state index in [0.29, 0.717) is 12.0 Å². The lowest BCUT2D eigenvalue weighted by Crippen LogP contribution is -2.52. The third-order valence-corrected chi connectivity index (χ3v) is 6.96. The predicted molar refractivity (Wildman–Crippen MR) is 140 cm³/mol. The molecule has 3 N–H and O–H groups in total. The lowest BCUT2D eigenvalue weighted by atomic mass is 9.83. The van der Waals surface area contributed by atoms with E-state index in [2.05, 4.69) is 10.3 Å². The molecule has 0 spiro atoms. The van der Waals surface area contributed by atoms with Crippen LogP contribution in [-0.4, -0.2) is 54.8 Å². The SMILES string of the molecule is CCC[C@H](C(N)=O)[C@@H](CCC(F)(F)F)C(=O)N[C@H]1N=C(c2ccccc2)c2cccc3c2N(CC(F)(F)CO3)C1=O. The first kappa shape index (κ1) is 29.9. The number of primary amides is 1. The molecule has 8 nitrogen and oxygen atoms in total. The molecule has 2 aliphatic heterocycles. The molecule has 0 saturated heterocycles. The number of carbonyl (C=O) groups is 3. The molecule has 2 aromatic carbocycles. The number of nitrogens with zero attached hydrogens (tertiary/aromatic N) is 2. The van der Waals surface area contributed by atoms with Crippen molar-refractivity contribution in [1.29, 1.82) is 0 Å². The summed E-state index contributed by atoms with van der Waals surface area (Å²) in [7, 11) is 0. The van der Waals surface area contributed by atoms with Gasteiger partial charge < -0.3 is 15.8 Å². The molecule has 0 fully saturated rings. The van der Waals surface area contributed by atoms with Gasteiger partial charge in [0.15, 0.2) is 6.61 Å². The highest BCUT2D eigenvalue weighted by molar-refractivity contribution is 6.21. The normalized spacial score (nSPS) is 19.6. The van der Waals surface area contributed by atoms with Crippen LogP contribution in [0.1, 0.15) is 43.7 Å². The maximum absolute atomic E-state index is 14.8. The number of carbonyl (C=O) groups excluding carboxylic acids is 3. The summed E-state index contributed by atoms with van der Waals surface area (Å²) in [5.74, 6) is -9.31. The van der Waals surface area contributed by atoms with E-state index in [1.54, 1.807) is 49.4 Å². The van der Waals surface area contributed by atoms with Gasteiger partial charge in [0.05, 0.1) is 17.9 Å². The second-order valence-electron chi connectivity index (χ2n) is 10.0. The van der Waals surface area contributed by atoms with E-state index >= 15 is 0 Å². The van der Waals surface area contributed by atoms with Gasteiger partial charge in [-0.2, -0.15) is 13.2 Å². The fourth-order valence-corrected chi connectivity index (χ4v) is 5.09. The molecule has 0 aliphatic carbocycles. The van der Waals surface area contributed by atoms with E-state index in [1.165, 1.54) is 6.07 Å². The Morgan fingerprint density at radius 3 is 2.46 bits per heavy atom. The Morgan fingerprint density at radius 1 is 1.12 bits per heavy atom. The number of nitrogens with one attached hydrogen (secondary N) is 1. The van der Waals surface area contributed by atoms with Gasteiger partial charge in [0.25, 0.3) is 11.8 Å². The first-order valence-corrected chi connectivity index (χ1v) is 13.1. The Hall–Kier alpha value is -4.03. The molecule has 3 amide bonds. The van der Waals surface area contributed by atoms with Crippen LogP contribution in [0.15, 0.2) is 53.5 Å². The lowest BCUT2D eigenvalue weighted by molar-refractivity contribution is -0.146. The van der Waals surface area contributed by atoms with Crippen molar-refractivity contribution in [3.05, 3.63) is 59.7 Å². The van der Waals surface area contributed by atoms with E-state index in [9.17, 15) is 36.3 Å². The maximum Gasteiger partial charge on any atom is 0.389 e. The van der Waals surface area contributed by atoms with Crippen molar-refractivity contribution in [3.63, 3.8) is 0 Å². The number of benzene rings is 2. The van der Waals surface area contributed by atoms with Crippen molar-refractivity contribution >= 4 is 29.1 Å². The van der Waals surface area contributed by atoms with Gasteiger partial charge in [-0.3, -0.25) is 19.3 Å². The van der Waals surface area contributed by atoms with Crippen LogP contribution in [0, 0.1) is 11.8 Å². The van der Waals surface area contributed by atoms with Crippen molar-refractivity contribution in [1.82, 2.24) is 5.32 Å². The number of ether oxygens (including phenoxy) is 1. The van der Waals surface area contributed by atoms with Crippen molar-refractivity contribution < 1.29 is 41.1 Å². The number of hydrogen-bond donors (Lipinski definition) is 2. The zero-order chi connectivity index (χ0) is 29.9. The number of rotatable bonds is 9. The summed E-state index contributed by atoms with van der Waals surface area (Å²) in [5.41, 5.74) is 6.43. The first-order chi connectivity index (χ1) is 19.3. The number of para-hydroxylation sites is 1. The van der Waals surface area contributed by atoms with Crippen LogP contribution in [0.4, 0.5) is 27.6 Å². The topological polar surface area (TPSA) is 114 Å². The largest absolute Gasteiger partial charge is 0.485 e. The molecule has 0 aromatic heterocycles. The standard InChI is InChI=1S/C28H29F5N4O4/c1-2-7-17(23(34)38)18(12-13-28(31,32)33)25(39)36-24-26(40)37-14-27(29,30)15-41-20-11-6-10-19(22(20)37)21(35-24)16-8-4-3-5-9-16/h3-6,8-11,17-18,24H,2,7,12-15H2,1H3,(H2,34,38)(H,36,39)/t17-,18+,24+/m0/s1. The van der Waals surface area contributed by atoms with Gasteiger partial charge in [0, 0.05) is 29.4 Å². The summed E-state index contributed by atoms with van der Waals surface area (Å²) in [6.07, 6.45) is -8.18. The van der Waals surface area contributed by atoms with E-state index in [-0.39, 0.29) is 29.1 Å². The van der Waals surface area contributed by atoms with Gasteiger partial charge in [-0.05, 0) is 18.9 Å². The van der Waals surface area contributed by atoms with E-state index < -0.39 is 73.8 Å². The fraction of sp³-hybridized carbons (Fsp3) is 0.429. The molecular formula is C28H29F5N4O4. The number of alkyl halides is 5. The first-order valence-electron chi connectivity index (χ1n) is 13.1. The number of hydrogen-bond acceptors (Lipinski definition) is 5. The Labute approximate surface area is 232 Å². The molecule has 0 bridgehead atoms. The van der Waals surface area contributed by atoms with Gasteiger partial charge in [0.1, 0.15) is 5.75 Å². The summed E-state index contributed by atoms with van der Waals surface area (Å²) >= 11 is 0. The summed E-state index contributed by atoms with van der Waals surface area (Å²) in [6, 6.07) is 13.0. The number of amides is 3. The van der Waals surface area contributed by atoms with Gasteiger partial charge >= 0.3 is 6.18 Å². The van der Waals surface area contributed by atoms with Crippen molar-refractivity contribution in [2.75, 3.05) is 18.1 Å². The number of nitrogens with two attached hydrogens (primary N) is 1. The van der Waals surface area contributed by atoms with Crippen LogP contribution in [0.25, 0.3) is 0 Å². The number of halogens is 5. The van der Waals surface area contributed by atoms with Crippen LogP contribution in [0.5, 0.6) is 5.75 Å². The average Bonchev–Trinajstić information content (AvgIpc) is 3.12. The highest BCUT2D eigenvalue weighted by atomic mass is 19.4. The van der Waals surface area contributed by atoms with Crippen molar-refractivity contribution in [3.8, 4) is 5.75 Å². The molecule has 2 aliphatic rings. The third-order valence-electron chi connectivity index (χ3n) is 6.96. The summed E-state index contributed by atoms with van der Waals surface area (Å²) in [6.45, 7) is -0.410. The fourth-order valence-electron chi connectivity index (χ4n) is 5.09. The smallest absolute Gasteiger partial charge is 0.389 e. The second-order valence-corrected chi connectivity index (χ2v) is 10.0. The monoisotopic (exact) mass is 580 g/mol. The van der Waals surface area contributed by atoms with Crippen molar-refractivity contribution in [2.45, 2.75) is 50.9 Å². The van der Waals surface area contributed by atoms with E-state index in [0.717, 1.165) is 4.90 Å². The third kappa shape index (κ3) is 6.83. The predicted octanol–water partition coefficient (Wildman–Crippen LogP) is 4.20. The molecule has 2 heterocycles. The Kier molecular flexibility index (Phi) is 8.64. The Morgan fingerprint density at radius 2 is 1.83 bits per heavy atom. The van der Waals surface area contributed by atoms with Crippen LogP contribution in [-0.2, 0) is 14.4 Å². The molecule has 2 aromatic rings. The molecular weight excluding hydrogens is 551 g/mol. The zero-order valence-electron chi connectivity index (χ0n) is 22.1. The van der Waals surface area contributed by atoms with Gasteiger partial charge in [0.2, 0.25) is 18.0 Å². The Balaban J connectivity index is 1.80. The van der Waals surface area contributed by atoms with Gasteiger partial charge in [-0.25, -0.2) is 13.8 Å². The van der Waals surface area contributed by atoms with Crippen LogP contribution >= 0.6 is 0 Å². The molecule has 41 heavy (non-hydrogen) atoms. The highest BCUT2D eigenvalue weighted by Crippen LogP contribution is 2.41. The minimum absolute atomic E-state index is 0.00317. The zero-order valence-corrected chi connectivity index (χ0v) is 22.1. The van der Waals surface area contributed by atoms with Crippen LogP contribution < -0.4 is 20.7 Å². The van der Waals surface area contributed by atoms with Crippen LogP contribution in [0.3, 0.4) is 0 Å². The van der Waals surface area contributed by atoms with Crippen molar-refractivity contribution in [2.24, 2.45) is 22.6 Å². The summed E-state index contributed by atoms with van der Waals surface area (Å²) < 4.78 is 74.3. The van der Waals surface area contributed by atoms with Gasteiger partial charge in [-0.15, -0.1) is 0 Å². The van der Waals surface area contributed by atoms with Gasteiger partial charge in [-0.1, -0.05) is 55.8 Å². The van der Waals surface area contributed by atoms with E-state index in [1.807, 2.05) is 0 Å². The Bertz CT molecular complexity index is 1330. The average molecular weight is 581 g/mol. The second kappa shape index (κ2) is 11.8. The minimum atomic E-state index is -4.63. The molecule has 220 valence electrons. The molecule has 0 unspecified atom stereocenters. The summed E-state index contributed by atoms with van der Waals surface area (Å²) in [4.78, 5) is 44.7. The quantitative estimate of drug-likeness (QED) is 0.433. The lowest BCUT2D eigenvalue weighted by Gasteiger charge is -2.28. The highest BCUT2D eigenvalue weighted by Gasteiger charge is 2.45. The molecule has 0 saturated carbocycles. The maximum atomic E-state index is 14.8. The summed E-state index contributed by atoms with van der Waals surface area (Å²) in [5, 5.41) is 2.35. The molecule has 3 atom stereocenters.